The largest absolute Gasteiger partial charge is 0.252 e. The number of hydrogen-bond donors (Lipinski definition) is 1. The van der Waals surface area contributed by atoms with Crippen LogP contribution in [-0.2, 0) is 11.3 Å². The topological polar surface area (TPSA) is 29.5 Å². The molecular formula is C11H16O2. The Morgan fingerprint density at radius 1 is 1.31 bits per heavy atom. The summed E-state index contributed by atoms with van der Waals surface area (Å²) in [5.74, 6) is 0. The highest BCUT2D eigenvalue weighted by molar-refractivity contribution is 5.15. The van der Waals surface area contributed by atoms with E-state index in [1.54, 1.807) is 0 Å². The van der Waals surface area contributed by atoms with E-state index in [1.165, 1.54) is 5.56 Å². The molecule has 1 aromatic rings. The maximum Gasteiger partial charge on any atom is 0.0967 e. The molecule has 0 aromatic heterocycles. The Labute approximate surface area is 79.1 Å². The molecule has 0 fully saturated rings. The average molecular weight is 180 g/mol. The molecule has 0 heterocycles. The molecule has 13 heavy (non-hydrogen) atoms. The normalized spacial score (nSPS) is 12.8. The monoisotopic (exact) mass is 180 g/mol. The molecule has 0 saturated carbocycles. The summed E-state index contributed by atoms with van der Waals surface area (Å²) < 4.78 is 0. The maximum absolute atomic E-state index is 8.62. The molecule has 1 rings (SSSR count). The Bertz CT molecular complexity index is 221. The zero-order valence-corrected chi connectivity index (χ0v) is 7.94. The van der Waals surface area contributed by atoms with Gasteiger partial charge in [-0.15, -0.1) is 0 Å². The van der Waals surface area contributed by atoms with Gasteiger partial charge in [0.1, 0.15) is 0 Å². The predicted octanol–water partition coefficient (Wildman–Crippen LogP) is 2.89. The summed E-state index contributed by atoms with van der Waals surface area (Å²) in [6.07, 6.45) is 2.64. The first-order chi connectivity index (χ1) is 6.36. The van der Waals surface area contributed by atoms with Gasteiger partial charge < -0.3 is 0 Å². The Hall–Kier alpha value is -0.860. The van der Waals surface area contributed by atoms with Crippen molar-refractivity contribution in [3.05, 3.63) is 35.9 Å². The quantitative estimate of drug-likeness (QED) is 0.557. The van der Waals surface area contributed by atoms with Gasteiger partial charge in [-0.3, -0.25) is 5.26 Å². The van der Waals surface area contributed by atoms with Crippen molar-refractivity contribution in [2.24, 2.45) is 0 Å². The zero-order valence-electron chi connectivity index (χ0n) is 7.94. The second-order valence-electron chi connectivity index (χ2n) is 3.21. The van der Waals surface area contributed by atoms with Crippen molar-refractivity contribution in [2.45, 2.75) is 32.3 Å². The lowest BCUT2D eigenvalue weighted by Crippen LogP contribution is -2.13. The van der Waals surface area contributed by atoms with Crippen molar-refractivity contribution in [2.75, 3.05) is 0 Å². The van der Waals surface area contributed by atoms with Crippen molar-refractivity contribution in [3.63, 3.8) is 0 Å². The first-order valence-electron chi connectivity index (χ1n) is 4.71. The van der Waals surface area contributed by atoms with Crippen LogP contribution in [0.2, 0.25) is 0 Å². The molecule has 1 aromatic carbocycles. The molecule has 2 heteroatoms. The number of benzene rings is 1. The Morgan fingerprint density at radius 2 is 2.00 bits per heavy atom. The second kappa shape index (κ2) is 5.73. The summed E-state index contributed by atoms with van der Waals surface area (Å²) in [5.41, 5.74) is 1.20. The molecule has 1 N–H and O–H groups in total. The highest BCUT2D eigenvalue weighted by atomic mass is 17.1. The van der Waals surface area contributed by atoms with Crippen LogP contribution in [0.15, 0.2) is 30.3 Å². The smallest absolute Gasteiger partial charge is 0.0967 e. The van der Waals surface area contributed by atoms with Gasteiger partial charge in [-0.1, -0.05) is 43.7 Å². The van der Waals surface area contributed by atoms with Crippen molar-refractivity contribution in [3.8, 4) is 0 Å². The maximum atomic E-state index is 8.62. The second-order valence-corrected chi connectivity index (χ2v) is 3.21. The summed E-state index contributed by atoms with van der Waals surface area (Å²) in [5, 5.41) is 8.62. The van der Waals surface area contributed by atoms with E-state index in [9.17, 15) is 0 Å². The van der Waals surface area contributed by atoms with Gasteiger partial charge in [0.2, 0.25) is 0 Å². The molecule has 1 atom stereocenters. The first kappa shape index (κ1) is 10.2. The third kappa shape index (κ3) is 3.57. The highest BCUT2D eigenvalue weighted by Gasteiger charge is 2.07. The molecule has 2 nitrogen and oxygen atoms in total. The van der Waals surface area contributed by atoms with Gasteiger partial charge >= 0.3 is 0 Å². The van der Waals surface area contributed by atoms with Crippen LogP contribution in [0.1, 0.15) is 25.3 Å². The van der Waals surface area contributed by atoms with Gasteiger partial charge in [-0.25, -0.2) is 4.89 Å². The van der Waals surface area contributed by atoms with Crippen LogP contribution >= 0.6 is 0 Å². The molecule has 0 saturated heterocycles. The summed E-state index contributed by atoms with van der Waals surface area (Å²) in [6, 6.07) is 10.1. The van der Waals surface area contributed by atoms with Crippen LogP contribution in [0, 0.1) is 0 Å². The lowest BCUT2D eigenvalue weighted by atomic mass is 10.1. The minimum Gasteiger partial charge on any atom is -0.252 e. The van der Waals surface area contributed by atoms with Crippen LogP contribution in [-0.4, -0.2) is 11.4 Å². The molecule has 0 bridgehead atoms. The van der Waals surface area contributed by atoms with E-state index < -0.39 is 0 Å². The molecule has 1 unspecified atom stereocenters. The first-order valence-corrected chi connectivity index (χ1v) is 4.71. The van der Waals surface area contributed by atoms with E-state index in [2.05, 4.69) is 11.8 Å². The molecular weight excluding hydrogens is 164 g/mol. The van der Waals surface area contributed by atoms with Crippen LogP contribution in [0.5, 0.6) is 0 Å². The lowest BCUT2D eigenvalue weighted by molar-refractivity contribution is -0.279. The van der Waals surface area contributed by atoms with E-state index in [1.807, 2.05) is 30.3 Å². The fraction of sp³-hybridized carbons (Fsp3) is 0.455. The van der Waals surface area contributed by atoms with E-state index in [-0.39, 0.29) is 6.10 Å². The molecule has 0 aliphatic carbocycles. The lowest BCUT2D eigenvalue weighted by Gasteiger charge is -2.11. The standard InChI is InChI=1S/C11H16O2/c1-2-6-11(13-12)9-10-7-4-3-5-8-10/h3-5,7-8,11-12H,2,6,9H2,1H3. The summed E-state index contributed by atoms with van der Waals surface area (Å²) in [4.78, 5) is 4.39. The van der Waals surface area contributed by atoms with Crippen molar-refractivity contribution in [1.82, 2.24) is 0 Å². The van der Waals surface area contributed by atoms with E-state index in [0.29, 0.717) is 0 Å². The van der Waals surface area contributed by atoms with Gasteiger partial charge in [0, 0.05) is 6.42 Å². The molecule has 0 radical (unpaired) electrons. The summed E-state index contributed by atoms with van der Waals surface area (Å²) >= 11 is 0. The van der Waals surface area contributed by atoms with Gasteiger partial charge in [0.25, 0.3) is 0 Å². The molecule has 0 aliphatic rings. The Balaban J connectivity index is 2.46. The molecule has 0 spiro atoms. The van der Waals surface area contributed by atoms with Crippen LogP contribution in [0.3, 0.4) is 0 Å². The summed E-state index contributed by atoms with van der Waals surface area (Å²) in [7, 11) is 0. The highest BCUT2D eigenvalue weighted by Crippen LogP contribution is 2.09. The van der Waals surface area contributed by atoms with Crippen molar-refractivity contribution < 1.29 is 10.1 Å². The third-order valence-electron chi connectivity index (χ3n) is 2.07. The fourth-order valence-electron chi connectivity index (χ4n) is 1.39. The molecule has 72 valence electrons. The van der Waals surface area contributed by atoms with E-state index in [0.717, 1.165) is 19.3 Å². The molecule has 0 amide bonds. The minimum atomic E-state index is -0.0626. The number of hydrogen-bond acceptors (Lipinski definition) is 2. The predicted molar refractivity (Wildman–Crippen MR) is 52.6 cm³/mol. The van der Waals surface area contributed by atoms with E-state index >= 15 is 0 Å². The molecule has 0 aliphatic heterocycles. The third-order valence-corrected chi connectivity index (χ3v) is 2.07. The Kier molecular flexibility index (Phi) is 4.50. The van der Waals surface area contributed by atoms with Gasteiger partial charge in [-0.2, -0.15) is 0 Å². The van der Waals surface area contributed by atoms with Crippen LogP contribution in [0.25, 0.3) is 0 Å². The summed E-state index contributed by atoms with van der Waals surface area (Å²) in [6.45, 7) is 2.08. The van der Waals surface area contributed by atoms with Crippen LogP contribution < -0.4 is 0 Å². The fourth-order valence-corrected chi connectivity index (χ4v) is 1.39. The van der Waals surface area contributed by atoms with Crippen molar-refractivity contribution >= 4 is 0 Å². The van der Waals surface area contributed by atoms with Gasteiger partial charge in [0.15, 0.2) is 0 Å². The van der Waals surface area contributed by atoms with Gasteiger partial charge in [-0.05, 0) is 12.0 Å². The van der Waals surface area contributed by atoms with Crippen LogP contribution in [0.4, 0.5) is 0 Å². The zero-order chi connectivity index (χ0) is 9.52. The SMILES string of the molecule is CCCC(Cc1ccccc1)OO. The average Bonchev–Trinajstić information content (AvgIpc) is 2.19. The number of rotatable bonds is 5. The minimum absolute atomic E-state index is 0.0626. The van der Waals surface area contributed by atoms with Gasteiger partial charge in [0.05, 0.1) is 6.10 Å². The Morgan fingerprint density at radius 3 is 2.54 bits per heavy atom. The van der Waals surface area contributed by atoms with E-state index in [4.69, 9.17) is 5.26 Å². The van der Waals surface area contributed by atoms with Crippen molar-refractivity contribution in [1.29, 1.82) is 0 Å².